The Hall–Kier alpha value is -4.04. The first-order valence-electron chi connectivity index (χ1n) is 11.6. The van der Waals surface area contributed by atoms with E-state index in [4.69, 9.17) is 26.4 Å². The second kappa shape index (κ2) is 11.6. The number of nitrogens with one attached hydrogen (secondary N) is 2. The summed E-state index contributed by atoms with van der Waals surface area (Å²) in [5, 5.41) is 4.67. The van der Waals surface area contributed by atoms with Gasteiger partial charge in [-0.25, -0.2) is 0 Å². The molecule has 0 radical (unpaired) electrons. The largest absolute Gasteiger partial charge is 0.497 e. The molecule has 0 amide bonds. The van der Waals surface area contributed by atoms with E-state index in [1.807, 2.05) is 84.6 Å². The number of hydrogen-bond acceptors (Lipinski definition) is 5. The minimum Gasteiger partial charge on any atom is -0.497 e. The lowest BCUT2D eigenvalue weighted by Gasteiger charge is -2.26. The molecule has 0 aliphatic carbocycles. The number of nitrogens with zero attached hydrogens (tertiary/aromatic N) is 1. The van der Waals surface area contributed by atoms with Gasteiger partial charge >= 0.3 is 0 Å². The Labute approximate surface area is 215 Å². The number of aromatic nitrogens is 1. The van der Waals surface area contributed by atoms with Crippen LogP contribution in [0.15, 0.2) is 77.6 Å². The number of fused-ring (bicyclic) bond motifs is 1. The van der Waals surface area contributed by atoms with Gasteiger partial charge in [0.05, 0.1) is 27.4 Å². The monoisotopic (exact) mass is 503 g/mol. The third kappa shape index (κ3) is 6.14. The molecule has 0 bridgehead atoms. The molecule has 1 heterocycles. The normalized spacial score (nSPS) is 10.6. The van der Waals surface area contributed by atoms with Crippen molar-refractivity contribution in [1.82, 2.24) is 9.88 Å². The molecule has 8 heteroatoms. The third-order valence-corrected chi connectivity index (χ3v) is 6.07. The van der Waals surface area contributed by atoms with Crippen LogP contribution in [0, 0.1) is 0 Å². The van der Waals surface area contributed by atoms with Crippen molar-refractivity contribution in [1.29, 1.82) is 0 Å². The van der Waals surface area contributed by atoms with Crippen molar-refractivity contribution >= 4 is 33.9 Å². The van der Waals surface area contributed by atoms with E-state index in [0.717, 1.165) is 39.4 Å². The number of methoxy groups -OCH3 is 2. The molecule has 1 aromatic heterocycles. The Kier molecular flexibility index (Phi) is 8.07. The predicted octanol–water partition coefficient (Wildman–Crippen LogP) is 5.34. The van der Waals surface area contributed by atoms with Gasteiger partial charge in [0.2, 0.25) is 0 Å². The number of ether oxygens (including phenoxy) is 3. The van der Waals surface area contributed by atoms with Crippen molar-refractivity contribution in [3.8, 4) is 17.2 Å². The minimum atomic E-state index is -0.157. The summed E-state index contributed by atoms with van der Waals surface area (Å²) in [5.41, 5.74) is 3.02. The fraction of sp³-hybridized carbons (Fsp3) is 0.214. The summed E-state index contributed by atoms with van der Waals surface area (Å²) in [6.45, 7) is 3.32. The van der Waals surface area contributed by atoms with Crippen molar-refractivity contribution < 1.29 is 14.2 Å². The highest BCUT2D eigenvalue weighted by atomic mass is 32.1. The Bertz CT molecular complexity index is 1400. The number of benzene rings is 3. The van der Waals surface area contributed by atoms with E-state index in [0.29, 0.717) is 30.4 Å². The lowest BCUT2D eigenvalue weighted by Crippen LogP contribution is -2.35. The Morgan fingerprint density at radius 3 is 2.39 bits per heavy atom. The SMILES string of the molecule is CCOc1ccc2[nH]c(=O)c(CN(Cc3ccc(OC)cc3)C(=S)Nc3cccc(OC)c3)cc2c1. The maximum atomic E-state index is 13.0. The zero-order valence-corrected chi connectivity index (χ0v) is 21.4. The first kappa shape index (κ1) is 25.1. The van der Waals surface area contributed by atoms with Gasteiger partial charge in [0, 0.05) is 34.8 Å². The highest BCUT2D eigenvalue weighted by Gasteiger charge is 2.15. The van der Waals surface area contributed by atoms with E-state index in [2.05, 4.69) is 10.3 Å². The second-order valence-corrected chi connectivity index (χ2v) is 8.56. The summed E-state index contributed by atoms with van der Waals surface area (Å²) in [4.78, 5) is 17.9. The van der Waals surface area contributed by atoms with Crippen LogP contribution in [0.4, 0.5) is 5.69 Å². The van der Waals surface area contributed by atoms with Crippen molar-refractivity contribution in [3.05, 3.63) is 94.3 Å². The molecule has 4 aromatic rings. The van der Waals surface area contributed by atoms with Gasteiger partial charge in [-0.2, -0.15) is 0 Å². The number of H-pyrrole nitrogens is 1. The Morgan fingerprint density at radius 1 is 0.917 bits per heavy atom. The summed E-state index contributed by atoms with van der Waals surface area (Å²) in [5.74, 6) is 2.26. The number of hydrogen-bond donors (Lipinski definition) is 2. The topological polar surface area (TPSA) is 75.8 Å². The van der Waals surface area contributed by atoms with Crippen LogP contribution >= 0.6 is 12.2 Å². The molecule has 0 saturated heterocycles. The first-order valence-corrected chi connectivity index (χ1v) is 12.0. The maximum Gasteiger partial charge on any atom is 0.253 e. The van der Waals surface area contributed by atoms with Gasteiger partial charge in [-0.3, -0.25) is 4.79 Å². The van der Waals surface area contributed by atoms with E-state index in [9.17, 15) is 4.79 Å². The highest BCUT2D eigenvalue weighted by molar-refractivity contribution is 7.80. The number of aromatic amines is 1. The standard InChI is InChI=1S/C28H29N3O4S/c1-4-35-25-12-13-26-20(15-25)14-21(27(32)30-26)18-31(17-19-8-10-23(33-2)11-9-19)28(36)29-22-6-5-7-24(16-22)34-3/h5-16H,4,17-18H2,1-3H3,(H,29,36)(H,30,32). The molecular formula is C28H29N3O4S. The highest BCUT2D eigenvalue weighted by Crippen LogP contribution is 2.22. The molecule has 3 aromatic carbocycles. The molecule has 0 unspecified atom stereocenters. The predicted molar refractivity (Wildman–Crippen MR) is 147 cm³/mol. The van der Waals surface area contributed by atoms with Gasteiger partial charge in [0.25, 0.3) is 5.56 Å². The van der Waals surface area contributed by atoms with Crippen LogP contribution in [0.5, 0.6) is 17.2 Å². The smallest absolute Gasteiger partial charge is 0.253 e. The zero-order valence-electron chi connectivity index (χ0n) is 20.5. The maximum absolute atomic E-state index is 13.0. The quantitative estimate of drug-likeness (QED) is 0.299. The fourth-order valence-electron chi connectivity index (χ4n) is 3.86. The van der Waals surface area contributed by atoms with E-state index in [-0.39, 0.29) is 5.56 Å². The summed E-state index contributed by atoms with van der Waals surface area (Å²) in [6, 6.07) is 22.9. The van der Waals surface area contributed by atoms with E-state index in [1.165, 1.54) is 0 Å². The minimum absolute atomic E-state index is 0.157. The van der Waals surface area contributed by atoms with Gasteiger partial charge < -0.3 is 29.4 Å². The fourth-order valence-corrected chi connectivity index (χ4v) is 4.11. The molecule has 2 N–H and O–H groups in total. The lowest BCUT2D eigenvalue weighted by atomic mass is 10.1. The van der Waals surface area contributed by atoms with Gasteiger partial charge in [0.1, 0.15) is 17.2 Å². The van der Waals surface area contributed by atoms with Crippen LogP contribution in [0.25, 0.3) is 10.9 Å². The van der Waals surface area contributed by atoms with E-state index in [1.54, 1.807) is 14.2 Å². The average molecular weight is 504 g/mol. The summed E-state index contributed by atoms with van der Waals surface area (Å²) >= 11 is 5.80. The van der Waals surface area contributed by atoms with Crippen LogP contribution in [-0.2, 0) is 13.1 Å². The molecule has 36 heavy (non-hydrogen) atoms. The molecule has 0 spiro atoms. The van der Waals surface area contributed by atoms with Crippen LogP contribution in [0.2, 0.25) is 0 Å². The summed E-state index contributed by atoms with van der Waals surface area (Å²) < 4.78 is 16.2. The number of pyridine rings is 1. The van der Waals surface area contributed by atoms with Crippen LogP contribution < -0.4 is 25.1 Å². The lowest BCUT2D eigenvalue weighted by molar-refractivity contribution is 0.340. The molecule has 0 aliphatic rings. The summed E-state index contributed by atoms with van der Waals surface area (Å²) in [6.07, 6.45) is 0. The third-order valence-electron chi connectivity index (χ3n) is 5.71. The number of rotatable bonds is 9. The summed E-state index contributed by atoms with van der Waals surface area (Å²) in [7, 11) is 3.26. The van der Waals surface area contributed by atoms with Gasteiger partial charge in [-0.1, -0.05) is 18.2 Å². The Morgan fingerprint density at radius 2 is 1.67 bits per heavy atom. The molecular weight excluding hydrogens is 474 g/mol. The molecule has 7 nitrogen and oxygen atoms in total. The van der Waals surface area contributed by atoms with Gasteiger partial charge in [-0.15, -0.1) is 0 Å². The molecule has 0 fully saturated rings. The number of anilines is 1. The van der Waals surface area contributed by atoms with E-state index < -0.39 is 0 Å². The molecule has 0 saturated carbocycles. The zero-order chi connectivity index (χ0) is 25.5. The molecule has 0 atom stereocenters. The molecule has 0 aliphatic heterocycles. The first-order chi connectivity index (χ1) is 17.5. The van der Waals surface area contributed by atoms with Crippen LogP contribution in [-0.4, -0.2) is 35.8 Å². The van der Waals surface area contributed by atoms with Crippen LogP contribution in [0.1, 0.15) is 18.1 Å². The van der Waals surface area contributed by atoms with Gasteiger partial charge in [0.15, 0.2) is 5.11 Å². The average Bonchev–Trinajstić information content (AvgIpc) is 2.89. The molecule has 4 rings (SSSR count). The van der Waals surface area contributed by atoms with Crippen molar-refractivity contribution in [2.24, 2.45) is 0 Å². The van der Waals surface area contributed by atoms with E-state index >= 15 is 0 Å². The van der Waals surface area contributed by atoms with Crippen LogP contribution in [0.3, 0.4) is 0 Å². The van der Waals surface area contributed by atoms with Crippen molar-refractivity contribution in [2.75, 3.05) is 26.1 Å². The molecule has 186 valence electrons. The number of thiocarbonyl (C=S) groups is 1. The Balaban J connectivity index is 1.64. The van der Waals surface area contributed by atoms with Gasteiger partial charge in [-0.05, 0) is 73.2 Å². The second-order valence-electron chi connectivity index (χ2n) is 8.17. The van der Waals surface area contributed by atoms with Crippen molar-refractivity contribution in [3.63, 3.8) is 0 Å². The van der Waals surface area contributed by atoms with Crippen molar-refractivity contribution in [2.45, 2.75) is 20.0 Å².